The van der Waals surface area contributed by atoms with E-state index in [1.807, 2.05) is 26.0 Å². The number of pyridine rings is 1. The van der Waals surface area contributed by atoms with Gasteiger partial charge in [0, 0.05) is 12.4 Å². The van der Waals surface area contributed by atoms with Gasteiger partial charge in [-0.15, -0.1) is 0 Å². The Morgan fingerprint density at radius 2 is 2.00 bits per heavy atom. The molecule has 0 unspecified atom stereocenters. The second kappa shape index (κ2) is 4.82. The molecule has 0 aliphatic carbocycles. The molecule has 0 saturated carbocycles. The predicted molar refractivity (Wildman–Crippen MR) is 63.6 cm³/mol. The van der Waals surface area contributed by atoms with Gasteiger partial charge in [-0.25, -0.2) is 0 Å². The largest absolute Gasteiger partial charge is 0.456 e. The number of nitrogens with one attached hydrogen (secondary N) is 1. The molecule has 0 saturated heterocycles. The molecule has 0 aromatic carbocycles. The fourth-order valence-corrected chi connectivity index (χ4v) is 1.56. The molecule has 0 spiro atoms. The van der Waals surface area contributed by atoms with Gasteiger partial charge in [0.1, 0.15) is 5.76 Å². The maximum Gasteiger partial charge on any atom is 0.287 e. The van der Waals surface area contributed by atoms with Gasteiger partial charge in [-0.2, -0.15) is 0 Å². The fourth-order valence-electron chi connectivity index (χ4n) is 1.56. The van der Waals surface area contributed by atoms with Crippen LogP contribution in [0, 0.1) is 6.92 Å². The molecule has 17 heavy (non-hydrogen) atoms. The molecule has 2 heterocycles. The number of carbonyl (C=O) groups excluding carboxylic acids is 1. The van der Waals surface area contributed by atoms with Gasteiger partial charge in [-0.05, 0) is 43.7 Å². The van der Waals surface area contributed by atoms with E-state index in [0.29, 0.717) is 5.76 Å². The zero-order valence-corrected chi connectivity index (χ0v) is 9.81. The van der Waals surface area contributed by atoms with Crippen LogP contribution in [0.3, 0.4) is 0 Å². The molecule has 2 aromatic rings. The molecule has 88 valence electrons. The molecule has 1 amide bonds. The van der Waals surface area contributed by atoms with Crippen molar-refractivity contribution in [2.75, 3.05) is 0 Å². The van der Waals surface area contributed by atoms with Crippen molar-refractivity contribution >= 4 is 5.91 Å². The Bertz CT molecular complexity index is 505. The van der Waals surface area contributed by atoms with Gasteiger partial charge in [0.25, 0.3) is 5.91 Å². The number of hydrogen-bond donors (Lipinski definition) is 1. The number of amides is 1. The molecule has 4 nitrogen and oxygen atoms in total. The third-order valence-corrected chi connectivity index (χ3v) is 2.52. The summed E-state index contributed by atoms with van der Waals surface area (Å²) in [6, 6.07) is 7.11. The number of aromatic nitrogens is 1. The van der Waals surface area contributed by atoms with E-state index in [9.17, 15) is 4.79 Å². The Balaban J connectivity index is 2.04. The highest BCUT2D eigenvalue weighted by Gasteiger charge is 2.13. The van der Waals surface area contributed by atoms with E-state index in [-0.39, 0.29) is 11.9 Å². The van der Waals surface area contributed by atoms with Gasteiger partial charge in [-0.3, -0.25) is 9.78 Å². The van der Waals surface area contributed by atoms with E-state index in [2.05, 4.69) is 10.3 Å². The first kappa shape index (κ1) is 11.4. The molecule has 0 aliphatic rings. The van der Waals surface area contributed by atoms with E-state index in [4.69, 9.17) is 4.42 Å². The van der Waals surface area contributed by atoms with Crippen LogP contribution in [0.1, 0.15) is 34.8 Å². The van der Waals surface area contributed by atoms with Crippen molar-refractivity contribution < 1.29 is 9.21 Å². The molecular weight excluding hydrogens is 216 g/mol. The molecular formula is C13H14N2O2. The van der Waals surface area contributed by atoms with Crippen molar-refractivity contribution in [1.29, 1.82) is 0 Å². The van der Waals surface area contributed by atoms with Crippen LogP contribution in [-0.4, -0.2) is 10.9 Å². The van der Waals surface area contributed by atoms with Crippen molar-refractivity contribution in [3.05, 3.63) is 53.7 Å². The highest BCUT2D eigenvalue weighted by atomic mass is 16.3. The molecule has 0 radical (unpaired) electrons. The Morgan fingerprint density at radius 1 is 1.29 bits per heavy atom. The van der Waals surface area contributed by atoms with Crippen LogP contribution in [0.5, 0.6) is 0 Å². The minimum Gasteiger partial charge on any atom is -0.456 e. The number of hydrogen-bond acceptors (Lipinski definition) is 3. The van der Waals surface area contributed by atoms with Gasteiger partial charge in [0.05, 0.1) is 6.04 Å². The third-order valence-electron chi connectivity index (χ3n) is 2.52. The average Bonchev–Trinajstić information content (AvgIpc) is 2.77. The lowest BCUT2D eigenvalue weighted by Gasteiger charge is -2.12. The monoisotopic (exact) mass is 230 g/mol. The number of furan rings is 1. The van der Waals surface area contributed by atoms with Crippen molar-refractivity contribution in [3.63, 3.8) is 0 Å². The van der Waals surface area contributed by atoms with E-state index in [0.717, 1.165) is 11.3 Å². The zero-order valence-electron chi connectivity index (χ0n) is 9.81. The van der Waals surface area contributed by atoms with Crippen molar-refractivity contribution in [2.45, 2.75) is 19.9 Å². The SMILES string of the molecule is Cc1ccc(C(=O)N[C@@H](C)c2ccncc2)o1. The topological polar surface area (TPSA) is 55.1 Å². The molecule has 0 fully saturated rings. The van der Waals surface area contributed by atoms with E-state index >= 15 is 0 Å². The highest BCUT2D eigenvalue weighted by molar-refractivity contribution is 5.91. The van der Waals surface area contributed by atoms with Crippen LogP contribution in [0.15, 0.2) is 41.1 Å². The summed E-state index contributed by atoms with van der Waals surface area (Å²) in [4.78, 5) is 15.8. The van der Waals surface area contributed by atoms with Crippen LogP contribution in [-0.2, 0) is 0 Å². The van der Waals surface area contributed by atoms with E-state index in [1.165, 1.54) is 0 Å². The Morgan fingerprint density at radius 3 is 2.59 bits per heavy atom. The van der Waals surface area contributed by atoms with Gasteiger partial charge in [0.2, 0.25) is 0 Å². The van der Waals surface area contributed by atoms with Crippen molar-refractivity contribution in [3.8, 4) is 0 Å². The van der Waals surface area contributed by atoms with E-state index in [1.54, 1.807) is 24.5 Å². The zero-order chi connectivity index (χ0) is 12.3. The lowest BCUT2D eigenvalue weighted by molar-refractivity contribution is 0.0910. The summed E-state index contributed by atoms with van der Waals surface area (Å²) < 4.78 is 5.26. The summed E-state index contributed by atoms with van der Waals surface area (Å²) in [5.41, 5.74) is 1.01. The first-order chi connectivity index (χ1) is 8.16. The van der Waals surface area contributed by atoms with E-state index < -0.39 is 0 Å². The smallest absolute Gasteiger partial charge is 0.287 e. The number of rotatable bonds is 3. The quantitative estimate of drug-likeness (QED) is 0.881. The molecule has 0 aliphatic heterocycles. The Kier molecular flexibility index (Phi) is 3.23. The summed E-state index contributed by atoms with van der Waals surface area (Å²) >= 11 is 0. The molecule has 2 rings (SSSR count). The first-order valence-corrected chi connectivity index (χ1v) is 5.44. The lowest BCUT2D eigenvalue weighted by atomic mass is 10.1. The van der Waals surface area contributed by atoms with Gasteiger partial charge < -0.3 is 9.73 Å². The molecule has 0 bridgehead atoms. The predicted octanol–water partition coefficient (Wildman–Crippen LogP) is 2.47. The van der Waals surface area contributed by atoms with Crippen LogP contribution >= 0.6 is 0 Å². The van der Waals surface area contributed by atoms with Gasteiger partial charge >= 0.3 is 0 Å². The van der Waals surface area contributed by atoms with Crippen molar-refractivity contribution in [1.82, 2.24) is 10.3 Å². The minimum atomic E-state index is -0.206. The molecule has 1 N–H and O–H groups in total. The fraction of sp³-hybridized carbons (Fsp3) is 0.231. The second-order valence-electron chi connectivity index (χ2n) is 3.89. The summed E-state index contributed by atoms with van der Waals surface area (Å²) in [6.07, 6.45) is 3.41. The first-order valence-electron chi connectivity index (χ1n) is 5.44. The third kappa shape index (κ3) is 2.72. The Hall–Kier alpha value is -2.10. The van der Waals surface area contributed by atoms with Gasteiger partial charge in [-0.1, -0.05) is 0 Å². The molecule has 4 heteroatoms. The highest BCUT2D eigenvalue weighted by Crippen LogP contribution is 2.12. The van der Waals surface area contributed by atoms with Crippen molar-refractivity contribution in [2.24, 2.45) is 0 Å². The normalized spacial score (nSPS) is 12.1. The summed E-state index contributed by atoms with van der Waals surface area (Å²) in [6.45, 7) is 3.73. The summed E-state index contributed by atoms with van der Waals surface area (Å²) in [5, 5.41) is 2.87. The Labute approximate surface area is 99.7 Å². The maximum absolute atomic E-state index is 11.8. The number of nitrogens with zero attached hydrogens (tertiary/aromatic N) is 1. The van der Waals surface area contributed by atoms with Crippen LogP contribution in [0.25, 0.3) is 0 Å². The van der Waals surface area contributed by atoms with Crippen LogP contribution in [0.4, 0.5) is 0 Å². The summed E-state index contributed by atoms with van der Waals surface area (Å²) in [7, 11) is 0. The average molecular weight is 230 g/mol. The minimum absolute atomic E-state index is 0.0732. The molecule has 2 aromatic heterocycles. The van der Waals surface area contributed by atoms with Crippen LogP contribution < -0.4 is 5.32 Å². The lowest BCUT2D eigenvalue weighted by Crippen LogP contribution is -2.26. The molecule has 1 atom stereocenters. The second-order valence-corrected chi connectivity index (χ2v) is 3.89. The van der Waals surface area contributed by atoms with Gasteiger partial charge in [0.15, 0.2) is 5.76 Å². The maximum atomic E-state index is 11.8. The summed E-state index contributed by atoms with van der Waals surface area (Å²) in [5.74, 6) is 0.859. The number of carbonyl (C=O) groups is 1. The standard InChI is InChI=1S/C13H14N2O2/c1-9-3-4-12(17-9)13(16)15-10(2)11-5-7-14-8-6-11/h3-8,10H,1-2H3,(H,15,16)/t10-/m0/s1. The van der Waals surface area contributed by atoms with Crippen LogP contribution in [0.2, 0.25) is 0 Å². The number of aryl methyl sites for hydroxylation is 1.